The van der Waals surface area contributed by atoms with Gasteiger partial charge in [-0.3, -0.25) is 4.79 Å². The molecule has 0 atom stereocenters. The molecular weight excluding hydrogens is 266 g/mol. The molecule has 3 nitrogen and oxygen atoms in total. The van der Waals surface area contributed by atoms with E-state index in [1.807, 2.05) is 30.7 Å². The fourth-order valence-corrected chi connectivity index (χ4v) is 2.95. The van der Waals surface area contributed by atoms with E-state index >= 15 is 0 Å². The second-order valence-corrected chi connectivity index (χ2v) is 11.6. The van der Waals surface area contributed by atoms with E-state index in [2.05, 4.69) is 33.9 Å². The lowest BCUT2D eigenvalue weighted by molar-refractivity contribution is -0.116. The lowest BCUT2D eigenvalue weighted by atomic mass is 10.2. The van der Waals surface area contributed by atoms with Crippen LogP contribution in [0.5, 0.6) is 5.75 Å². The number of carbonyl (C=O) groups is 1. The summed E-state index contributed by atoms with van der Waals surface area (Å²) in [5.41, 5.74) is 0.950. The number of rotatable bonds is 3. The molecule has 1 amide bonds. The summed E-state index contributed by atoms with van der Waals surface area (Å²) in [6.45, 7) is 11.9. The molecule has 1 radical (unpaired) electrons. The fraction of sp³-hybridized carbons (Fsp3) is 0.500. The van der Waals surface area contributed by atoms with E-state index in [0.717, 1.165) is 11.4 Å². The van der Waals surface area contributed by atoms with Crippen LogP contribution in [0.15, 0.2) is 24.3 Å². The molecule has 1 aliphatic heterocycles. The minimum absolute atomic E-state index is 0.170. The normalized spacial score (nSPS) is 16.6. The number of carbonyl (C=O) groups excluding carboxylic acids is 1. The van der Waals surface area contributed by atoms with E-state index in [1.54, 1.807) is 4.90 Å². The lowest BCUT2D eigenvalue weighted by Crippen LogP contribution is -2.43. The number of amides is 1. The van der Waals surface area contributed by atoms with E-state index in [1.165, 1.54) is 0 Å². The molecule has 0 aromatic heterocycles. The third-order valence-corrected chi connectivity index (χ3v) is 8.62. The summed E-state index contributed by atoms with van der Waals surface area (Å²) < 4.78 is 6.24. The molecule has 0 aliphatic carbocycles. The van der Waals surface area contributed by atoms with Gasteiger partial charge in [0.1, 0.15) is 5.75 Å². The van der Waals surface area contributed by atoms with Gasteiger partial charge >= 0.3 is 0 Å². The Balaban J connectivity index is 2.11. The van der Waals surface area contributed by atoms with Gasteiger partial charge in [-0.1, -0.05) is 20.8 Å². The Hall–Kier alpha value is -1.29. The quantitative estimate of drug-likeness (QED) is 0.787. The molecule has 1 aliphatic rings. The smallest absolute Gasteiger partial charge is 0.250 e. The van der Waals surface area contributed by atoms with Crippen LogP contribution in [-0.2, 0) is 4.79 Å². The maximum absolute atomic E-state index is 11.7. The molecule has 1 saturated heterocycles. The van der Waals surface area contributed by atoms with Crippen LogP contribution in [0, 0.1) is 6.42 Å². The van der Waals surface area contributed by atoms with Crippen LogP contribution in [0.4, 0.5) is 5.69 Å². The first-order chi connectivity index (χ1) is 9.21. The van der Waals surface area contributed by atoms with Crippen molar-refractivity contribution in [3.05, 3.63) is 30.7 Å². The van der Waals surface area contributed by atoms with Crippen LogP contribution in [0.2, 0.25) is 18.1 Å². The first kappa shape index (κ1) is 15.1. The summed E-state index contributed by atoms with van der Waals surface area (Å²) in [6.07, 6.45) is 2.55. The third kappa shape index (κ3) is 3.06. The second kappa shape index (κ2) is 5.24. The third-order valence-electron chi connectivity index (χ3n) is 4.26. The van der Waals surface area contributed by atoms with E-state index in [-0.39, 0.29) is 10.9 Å². The fourth-order valence-electron chi connectivity index (χ4n) is 1.92. The average molecular weight is 290 g/mol. The van der Waals surface area contributed by atoms with Crippen molar-refractivity contribution < 1.29 is 9.22 Å². The van der Waals surface area contributed by atoms with Crippen molar-refractivity contribution in [1.82, 2.24) is 0 Å². The van der Waals surface area contributed by atoms with Crippen LogP contribution >= 0.6 is 0 Å². The molecule has 0 N–H and O–H groups in total. The Morgan fingerprint density at radius 1 is 1.15 bits per heavy atom. The van der Waals surface area contributed by atoms with Crippen LogP contribution in [0.3, 0.4) is 0 Å². The number of hydrogen-bond donors (Lipinski definition) is 0. The van der Waals surface area contributed by atoms with Crippen molar-refractivity contribution in [2.24, 2.45) is 0 Å². The molecular formula is C16H24NO2Si. The van der Waals surface area contributed by atoms with Crippen molar-refractivity contribution in [2.45, 2.75) is 45.3 Å². The molecule has 20 heavy (non-hydrogen) atoms. The monoisotopic (exact) mass is 290 g/mol. The molecule has 1 heterocycles. The summed E-state index contributed by atoms with van der Waals surface area (Å²) in [6, 6.07) is 7.89. The SMILES string of the molecule is CC(C)(C)[Si](C)(C)Oc1ccc(N2C[CH]CC2=O)cc1. The first-order valence-electron chi connectivity index (χ1n) is 7.12. The molecule has 1 aromatic carbocycles. The van der Waals surface area contributed by atoms with Gasteiger partial charge in [-0.05, 0) is 48.8 Å². The van der Waals surface area contributed by atoms with Crippen molar-refractivity contribution >= 4 is 19.9 Å². The zero-order valence-electron chi connectivity index (χ0n) is 13.1. The van der Waals surface area contributed by atoms with Gasteiger partial charge in [0.2, 0.25) is 14.2 Å². The highest BCUT2D eigenvalue weighted by Crippen LogP contribution is 2.37. The van der Waals surface area contributed by atoms with E-state index < -0.39 is 8.32 Å². The highest BCUT2D eigenvalue weighted by molar-refractivity contribution is 6.74. The largest absolute Gasteiger partial charge is 0.544 e. The Labute approximate surface area is 123 Å². The molecule has 1 fully saturated rings. The number of hydrogen-bond acceptors (Lipinski definition) is 2. The average Bonchev–Trinajstić information content (AvgIpc) is 2.74. The number of anilines is 1. The second-order valence-electron chi connectivity index (χ2n) is 6.85. The Kier molecular flexibility index (Phi) is 3.96. The predicted molar refractivity (Wildman–Crippen MR) is 85.5 cm³/mol. The van der Waals surface area contributed by atoms with Crippen LogP contribution in [0.1, 0.15) is 27.2 Å². The van der Waals surface area contributed by atoms with E-state index in [4.69, 9.17) is 4.43 Å². The summed E-state index contributed by atoms with van der Waals surface area (Å²) in [4.78, 5) is 13.5. The number of benzene rings is 1. The van der Waals surface area contributed by atoms with Gasteiger partial charge in [-0.25, -0.2) is 0 Å². The zero-order chi connectivity index (χ0) is 15.0. The van der Waals surface area contributed by atoms with E-state index in [0.29, 0.717) is 13.0 Å². The van der Waals surface area contributed by atoms with Crippen LogP contribution < -0.4 is 9.33 Å². The van der Waals surface area contributed by atoms with Crippen molar-refractivity contribution in [1.29, 1.82) is 0 Å². The van der Waals surface area contributed by atoms with E-state index in [9.17, 15) is 4.79 Å². The minimum atomic E-state index is -1.79. The van der Waals surface area contributed by atoms with Gasteiger partial charge in [0.25, 0.3) is 0 Å². The van der Waals surface area contributed by atoms with Crippen LogP contribution in [-0.4, -0.2) is 20.8 Å². The molecule has 0 spiro atoms. The molecule has 0 saturated carbocycles. The standard InChI is InChI=1S/C16H24NO2Si/c1-16(2,3)20(4,5)19-14-10-8-13(9-11-14)17-12-6-7-15(17)18/h6,8-11H,7,12H2,1-5H3. The Morgan fingerprint density at radius 2 is 1.75 bits per heavy atom. The van der Waals surface area contributed by atoms with Gasteiger partial charge < -0.3 is 9.33 Å². The molecule has 2 rings (SSSR count). The highest BCUT2D eigenvalue weighted by atomic mass is 28.4. The topological polar surface area (TPSA) is 29.5 Å². The lowest BCUT2D eigenvalue weighted by Gasteiger charge is -2.36. The molecule has 1 aromatic rings. The Bertz CT molecular complexity index is 488. The summed E-state index contributed by atoms with van der Waals surface area (Å²) in [7, 11) is -1.79. The minimum Gasteiger partial charge on any atom is -0.544 e. The molecule has 4 heteroatoms. The summed E-state index contributed by atoms with van der Waals surface area (Å²) in [5, 5.41) is 0.186. The maximum Gasteiger partial charge on any atom is 0.250 e. The van der Waals surface area contributed by atoms with Gasteiger partial charge in [-0.15, -0.1) is 0 Å². The van der Waals surface area contributed by atoms with Crippen LogP contribution in [0.25, 0.3) is 0 Å². The summed E-state index contributed by atoms with van der Waals surface area (Å²) in [5.74, 6) is 1.07. The molecule has 0 bridgehead atoms. The maximum atomic E-state index is 11.7. The first-order valence-corrected chi connectivity index (χ1v) is 10.0. The molecule has 109 valence electrons. The van der Waals surface area contributed by atoms with Crippen molar-refractivity contribution in [3.63, 3.8) is 0 Å². The van der Waals surface area contributed by atoms with Gasteiger partial charge in [-0.2, -0.15) is 0 Å². The summed E-state index contributed by atoms with van der Waals surface area (Å²) >= 11 is 0. The number of nitrogens with zero attached hydrogens (tertiary/aromatic N) is 1. The highest BCUT2D eigenvalue weighted by Gasteiger charge is 2.38. The van der Waals surface area contributed by atoms with Gasteiger partial charge in [0, 0.05) is 18.7 Å². The zero-order valence-corrected chi connectivity index (χ0v) is 14.1. The molecule has 0 unspecified atom stereocenters. The van der Waals surface area contributed by atoms with Gasteiger partial charge in [0.15, 0.2) is 0 Å². The predicted octanol–water partition coefficient (Wildman–Crippen LogP) is 4.01. The van der Waals surface area contributed by atoms with Gasteiger partial charge in [0.05, 0.1) is 0 Å². The Morgan fingerprint density at radius 3 is 2.20 bits per heavy atom. The van der Waals surface area contributed by atoms with Crippen molar-refractivity contribution in [2.75, 3.05) is 11.4 Å². The van der Waals surface area contributed by atoms with Crippen molar-refractivity contribution in [3.8, 4) is 5.75 Å².